The Morgan fingerprint density at radius 3 is 2.67 bits per heavy atom. The third-order valence-electron chi connectivity index (χ3n) is 2.01. The van der Waals surface area contributed by atoms with Crippen LogP contribution in [0.2, 0.25) is 0 Å². The Labute approximate surface area is 102 Å². The van der Waals surface area contributed by atoms with Crippen LogP contribution in [0.15, 0.2) is 28.9 Å². The van der Waals surface area contributed by atoms with Crippen molar-refractivity contribution in [2.45, 2.75) is 0 Å². The highest BCUT2D eigenvalue weighted by atomic mass is 16.6. The number of nitrogens with two attached hydrogens (primary N) is 1. The van der Waals surface area contributed by atoms with Crippen LogP contribution in [0.4, 0.5) is 5.88 Å². The topological polar surface area (TPSA) is 117 Å². The Bertz CT molecular complexity index is 537. The maximum absolute atomic E-state index is 10.5. The van der Waals surface area contributed by atoms with Gasteiger partial charge in [0.25, 0.3) is 0 Å². The number of hydrogen-bond donors (Lipinski definition) is 1. The van der Waals surface area contributed by atoms with Crippen molar-refractivity contribution in [2.24, 2.45) is 5.73 Å². The lowest BCUT2D eigenvalue weighted by atomic mass is 10.4. The third-order valence-corrected chi connectivity index (χ3v) is 2.01. The van der Waals surface area contributed by atoms with Gasteiger partial charge in [0.2, 0.25) is 0 Å². The van der Waals surface area contributed by atoms with Crippen LogP contribution in [-0.2, 0) is 0 Å². The Balaban J connectivity index is 2.15. The van der Waals surface area contributed by atoms with E-state index in [-0.39, 0.29) is 17.5 Å². The summed E-state index contributed by atoms with van der Waals surface area (Å²) < 4.78 is 10.2. The summed E-state index contributed by atoms with van der Waals surface area (Å²) in [6.45, 7) is 0.765. The summed E-state index contributed by atoms with van der Waals surface area (Å²) in [5.41, 5.74) is 5.28. The first-order chi connectivity index (χ1) is 8.70. The Kier molecular flexibility index (Phi) is 3.49. The van der Waals surface area contributed by atoms with E-state index in [9.17, 15) is 10.1 Å². The van der Waals surface area contributed by atoms with E-state index >= 15 is 0 Å². The standard InChI is InChI=1S/C10H10N4O4/c11-3-4-17-7-5-12-10(13-6-7)8-1-2-9(18-8)14(15)16/h1-2,5-6H,3-4,11H2. The first-order valence-corrected chi connectivity index (χ1v) is 5.10. The molecular weight excluding hydrogens is 240 g/mol. The van der Waals surface area contributed by atoms with Gasteiger partial charge in [-0.1, -0.05) is 0 Å². The van der Waals surface area contributed by atoms with Gasteiger partial charge in [0.15, 0.2) is 17.3 Å². The Morgan fingerprint density at radius 1 is 1.39 bits per heavy atom. The van der Waals surface area contributed by atoms with Gasteiger partial charge in [0.1, 0.15) is 11.5 Å². The second kappa shape index (κ2) is 5.23. The Morgan fingerprint density at radius 2 is 2.11 bits per heavy atom. The number of hydrogen-bond acceptors (Lipinski definition) is 7. The van der Waals surface area contributed by atoms with Crippen LogP contribution < -0.4 is 10.5 Å². The van der Waals surface area contributed by atoms with Gasteiger partial charge in [-0.05, 0) is 6.07 Å². The minimum absolute atomic E-state index is 0.229. The summed E-state index contributed by atoms with van der Waals surface area (Å²) in [6, 6.07) is 2.69. The number of ether oxygens (including phenoxy) is 1. The Hall–Kier alpha value is -2.48. The zero-order chi connectivity index (χ0) is 13.0. The van der Waals surface area contributed by atoms with Gasteiger partial charge >= 0.3 is 5.88 Å². The van der Waals surface area contributed by atoms with Crippen molar-refractivity contribution >= 4 is 5.88 Å². The number of aromatic nitrogens is 2. The summed E-state index contributed by atoms with van der Waals surface area (Å²) in [6.07, 6.45) is 2.90. The molecule has 0 spiro atoms. The molecule has 2 N–H and O–H groups in total. The summed E-state index contributed by atoms with van der Waals surface area (Å²) in [5, 5.41) is 10.5. The highest BCUT2D eigenvalue weighted by Crippen LogP contribution is 2.23. The zero-order valence-corrected chi connectivity index (χ0v) is 9.28. The van der Waals surface area contributed by atoms with Crippen molar-refractivity contribution in [3.8, 4) is 17.3 Å². The van der Waals surface area contributed by atoms with Crippen molar-refractivity contribution in [3.05, 3.63) is 34.6 Å². The lowest BCUT2D eigenvalue weighted by molar-refractivity contribution is -0.401. The number of rotatable bonds is 5. The second-order valence-corrected chi connectivity index (χ2v) is 3.27. The predicted molar refractivity (Wildman–Crippen MR) is 60.9 cm³/mol. The molecule has 0 aliphatic carbocycles. The first kappa shape index (κ1) is 12.0. The van der Waals surface area contributed by atoms with Crippen molar-refractivity contribution < 1.29 is 14.1 Å². The van der Waals surface area contributed by atoms with E-state index in [4.69, 9.17) is 14.9 Å². The second-order valence-electron chi connectivity index (χ2n) is 3.27. The third kappa shape index (κ3) is 2.61. The first-order valence-electron chi connectivity index (χ1n) is 5.10. The summed E-state index contributed by atoms with van der Waals surface area (Å²) in [7, 11) is 0. The molecule has 0 amide bonds. The van der Waals surface area contributed by atoms with Crippen LogP contribution in [0, 0.1) is 10.1 Å². The quantitative estimate of drug-likeness (QED) is 0.620. The molecule has 8 heteroatoms. The van der Waals surface area contributed by atoms with Crippen LogP contribution in [0.1, 0.15) is 0 Å². The van der Waals surface area contributed by atoms with Gasteiger partial charge in [0, 0.05) is 6.54 Å². The van der Waals surface area contributed by atoms with Gasteiger partial charge in [-0.25, -0.2) is 9.97 Å². The molecule has 0 saturated heterocycles. The average Bonchev–Trinajstić information content (AvgIpc) is 2.87. The molecule has 2 rings (SSSR count). The molecule has 0 fully saturated rings. The fourth-order valence-electron chi connectivity index (χ4n) is 1.24. The fourth-order valence-corrected chi connectivity index (χ4v) is 1.24. The summed E-state index contributed by atoms with van der Waals surface area (Å²) in [5.74, 6) is 0.609. The molecule has 94 valence electrons. The molecule has 0 aliphatic heterocycles. The number of furan rings is 1. The van der Waals surface area contributed by atoms with Crippen molar-refractivity contribution in [1.29, 1.82) is 0 Å². The molecule has 0 atom stereocenters. The van der Waals surface area contributed by atoms with Crippen LogP contribution in [0.5, 0.6) is 5.75 Å². The maximum Gasteiger partial charge on any atom is 0.433 e. The highest BCUT2D eigenvalue weighted by Gasteiger charge is 2.14. The van der Waals surface area contributed by atoms with Crippen LogP contribution in [0.3, 0.4) is 0 Å². The van der Waals surface area contributed by atoms with Crippen molar-refractivity contribution in [2.75, 3.05) is 13.2 Å². The van der Waals surface area contributed by atoms with E-state index in [1.165, 1.54) is 24.5 Å². The van der Waals surface area contributed by atoms with E-state index in [1.54, 1.807) is 0 Å². The summed E-state index contributed by atoms with van der Waals surface area (Å²) in [4.78, 5) is 17.8. The lowest BCUT2D eigenvalue weighted by Crippen LogP contribution is -2.10. The monoisotopic (exact) mass is 250 g/mol. The number of nitro groups is 1. The van der Waals surface area contributed by atoms with Crippen LogP contribution >= 0.6 is 0 Å². The molecular formula is C10H10N4O4. The minimum atomic E-state index is -0.623. The molecule has 2 heterocycles. The molecule has 2 aromatic rings. The molecule has 0 aromatic carbocycles. The maximum atomic E-state index is 10.5. The van der Waals surface area contributed by atoms with E-state index in [0.29, 0.717) is 18.9 Å². The van der Waals surface area contributed by atoms with Gasteiger partial charge in [0.05, 0.1) is 18.5 Å². The van der Waals surface area contributed by atoms with Gasteiger partial charge < -0.3 is 14.9 Å². The normalized spacial score (nSPS) is 10.3. The van der Waals surface area contributed by atoms with E-state index in [2.05, 4.69) is 9.97 Å². The zero-order valence-electron chi connectivity index (χ0n) is 9.28. The average molecular weight is 250 g/mol. The predicted octanol–water partition coefficient (Wildman–Crippen LogP) is 0.982. The van der Waals surface area contributed by atoms with Crippen LogP contribution in [0.25, 0.3) is 11.6 Å². The minimum Gasteiger partial charge on any atom is -0.489 e. The fraction of sp³-hybridized carbons (Fsp3) is 0.200. The largest absolute Gasteiger partial charge is 0.489 e. The van der Waals surface area contributed by atoms with Gasteiger partial charge in [-0.15, -0.1) is 0 Å². The van der Waals surface area contributed by atoms with E-state index < -0.39 is 4.92 Å². The number of nitrogens with zero attached hydrogens (tertiary/aromatic N) is 3. The van der Waals surface area contributed by atoms with E-state index in [0.717, 1.165) is 0 Å². The molecule has 0 aliphatic rings. The van der Waals surface area contributed by atoms with E-state index in [1.807, 2.05) is 0 Å². The SMILES string of the molecule is NCCOc1cnc(-c2ccc([N+](=O)[O-])o2)nc1. The molecule has 0 saturated carbocycles. The van der Waals surface area contributed by atoms with Crippen molar-refractivity contribution in [1.82, 2.24) is 9.97 Å². The van der Waals surface area contributed by atoms with Crippen LogP contribution in [-0.4, -0.2) is 28.0 Å². The lowest BCUT2D eigenvalue weighted by Gasteiger charge is -2.02. The van der Waals surface area contributed by atoms with Gasteiger partial charge in [-0.3, -0.25) is 10.1 Å². The highest BCUT2D eigenvalue weighted by molar-refractivity contribution is 5.48. The molecule has 18 heavy (non-hydrogen) atoms. The van der Waals surface area contributed by atoms with Gasteiger partial charge in [-0.2, -0.15) is 0 Å². The smallest absolute Gasteiger partial charge is 0.433 e. The molecule has 8 nitrogen and oxygen atoms in total. The molecule has 0 bridgehead atoms. The molecule has 0 unspecified atom stereocenters. The molecule has 0 radical (unpaired) electrons. The summed E-state index contributed by atoms with van der Waals surface area (Å²) >= 11 is 0. The molecule has 2 aromatic heterocycles. The van der Waals surface area contributed by atoms with Crippen molar-refractivity contribution in [3.63, 3.8) is 0 Å².